The van der Waals surface area contributed by atoms with Crippen LogP contribution in [-0.4, -0.2) is 12.7 Å². The fourth-order valence-corrected chi connectivity index (χ4v) is 3.19. The second kappa shape index (κ2) is 8.00. The van der Waals surface area contributed by atoms with Crippen molar-refractivity contribution in [3.63, 3.8) is 0 Å². The summed E-state index contributed by atoms with van der Waals surface area (Å²) in [6.07, 6.45) is 9.39. The standard InChI is InChI=1S/C19H25NO/c1-3-4-13-21-15(2)17-9-11-19(12-10-17)18-7-5-16(14-20)6-8-18/h3-8,15,17,19H,9-13H2,1-2H3/b4-3+. The molecule has 0 heterocycles. The lowest BCUT2D eigenvalue weighted by Gasteiger charge is -2.32. The molecule has 0 radical (unpaired) electrons. The van der Waals surface area contributed by atoms with Crippen molar-refractivity contribution in [2.75, 3.05) is 6.61 Å². The molecule has 2 rings (SSSR count). The van der Waals surface area contributed by atoms with Crippen LogP contribution in [0.3, 0.4) is 0 Å². The summed E-state index contributed by atoms with van der Waals surface area (Å²) in [6.45, 7) is 4.96. The van der Waals surface area contributed by atoms with Crippen LogP contribution in [0.5, 0.6) is 0 Å². The fraction of sp³-hybridized carbons (Fsp3) is 0.526. The van der Waals surface area contributed by atoms with Crippen LogP contribution in [0.15, 0.2) is 36.4 Å². The molecule has 0 aromatic heterocycles. The predicted octanol–water partition coefficient (Wildman–Crippen LogP) is 4.81. The van der Waals surface area contributed by atoms with E-state index in [1.807, 2.05) is 25.1 Å². The lowest BCUT2D eigenvalue weighted by atomic mass is 9.77. The zero-order valence-corrected chi connectivity index (χ0v) is 13.1. The van der Waals surface area contributed by atoms with Gasteiger partial charge in [0, 0.05) is 0 Å². The Balaban J connectivity index is 1.83. The van der Waals surface area contributed by atoms with Gasteiger partial charge in [-0.05, 0) is 69.1 Å². The van der Waals surface area contributed by atoms with Gasteiger partial charge in [-0.1, -0.05) is 24.3 Å². The maximum Gasteiger partial charge on any atom is 0.0991 e. The summed E-state index contributed by atoms with van der Waals surface area (Å²) in [5, 5.41) is 8.85. The number of benzene rings is 1. The second-order valence-corrected chi connectivity index (χ2v) is 5.95. The molecule has 0 saturated heterocycles. The molecule has 1 saturated carbocycles. The molecule has 21 heavy (non-hydrogen) atoms. The largest absolute Gasteiger partial charge is 0.374 e. The van der Waals surface area contributed by atoms with Crippen molar-refractivity contribution in [3.05, 3.63) is 47.5 Å². The average molecular weight is 283 g/mol. The van der Waals surface area contributed by atoms with Crippen molar-refractivity contribution in [1.82, 2.24) is 0 Å². The Kier molecular flexibility index (Phi) is 6.02. The summed E-state index contributed by atoms with van der Waals surface area (Å²) in [7, 11) is 0. The van der Waals surface area contributed by atoms with E-state index in [0.29, 0.717) is 17.9 Å². The van der Waals surface area contributed by atoms with Gasteiger partial charge in [0.1, 0.15) is 0 Å². The third-order valence-corrected chi connectivity index (χ3v) is 4.64. The molecule has 1 aliphatic rings. The first kappa shape index (κ1) is 15.8. The summed E-state index contributed by atoms with van der Waals surface area (Å²) in [5.74, 6) is 1.33. The minimum Gasteiger partial charge on any atom is -0.374 e. The Morgan fingerprint density at radius 2 is 1.90 bits per heavy atom. The number of ether oxygens (including phenoxy) is 1. The van der Waals surface area contributed by atoms with E-state index in [-0.39, 0.29) is 0 Å². The Morgan fingerprint density at radius 1 is 1.24 bits per heavy atom. The molecular weight excluding hydrogens is 258 g/mol. The molecule has 1 fully saturated rings. The first-order valence-electron chi connectivity index (χ1n) is 7.97. The van der Waals surface area contributed by atoms with Crippen molar-refractivity contribution >= 4 is 0 Å². The molecule has 0 bridgehead atoms. The zero-order valence-electron chi connectivity index (χ0n) is 13.1. The number of nitrogens with zero attached hydrogens (tertiary/aromatic N) is 1. The highest BCUT2D eigenvalue weighted by atomic mass is 16.5. The zero-order chi connectivity index (χ0) is 15.1. The van der Waals surface area contributed by atoms with Crippen LogP contribution in [0.1, 0.15) is 56.6 Å². The summed E-state index contributed by atoms with van der Waals surface area (Å²) >= 11 is 0. The molecule has 2 nitrogen and oxygen atoms in total. The Labute approximate surface area is 128 Å². The maximum atomic E-state index is 8.85. The van der Waals surface area contributed by atoms with Crippen LogP contribution in [0.2, 0.25) is 0 Å². The normalized spacial score (nSPS) is 23.9. The van der Waals surface area contributed by atoms with E-state index in [4.69, 9.17) is 10.00 Å². The number of nitriles is 1. The third kappa shape index (κ3) is 4.44. The second-order valence-electron chi connectivity index (χ2n) is 5.95. The summed E-state index contributed by atoms with van der Waals surface area (Å²) < 4.78 is 5.87. The van der Waals surface area contributed by atoms with Crippen molar-refractivity contribution in [3.8, 4) is 6.07 Å². The highest BCUT2D eigenvalue weighted by Crippen LogP contribution is 2.37. The Hall–Kier alpha value is -1.59. The third-order valence-electron chi connectivity index (χ3n) is 4.64. The molecule has 1 unspecified atom stereocenters. The minimum atomic E-state index is 0.350. The van der Waals surface area contributed by atoms with Crippen molar-refractivity contribution in [2.45, 2.75) is 51.6 Å². The van der Waals surface area contributed by atoms with Gasteiger partial charge in [-0.15, -0.1) is 0 Å². The first-order chi connectivity index (χ1) is 10.2. The van der Waals surface area contributed by atoms with Crippen molar-refractivity contribution < 1.29 is 4.74 Å². The van der Waals surface area contributed by atoms with Gasteiger partial charge < -0.3 is 4.74 Å². The van der Waals surface area contributed by atoms with Crippen molar-refractivity contribution in [1.29, 1.82) is 5.26 Å². The van der Waals surface area contributed by atoms with Gasteiger partial charge in [0.25, 0.3) is 0 Å². The van der Waals surface area contributed by atoms with E-state index in [1.165, 1.54) is 31.2 Å². The minimum absolute atomic E-state index is 0.350. The first-order valence-corrected chi connectivity index (χ1v) is 7.97. The lowest BCUT2D eigenvalue weighted by molar-refractivity contribution is 0.0268. The molecule has 1 aliphatic carbocycles. The Bertz CT molecular complexity index is 489. The van der Waals surface area contributed by atoms with Crippen LogP contribution in [0, 0.1) is 17.2 Å². The summed E-state index contributed by atoms with van der Waals surface area (Å²) in [5.41, 5.74) is 2.13. The number of hydrogen-bond donors (Lipinski definition) is 0. The molecule has 0 N–H and O–H groups in total. The van der Waals surface area contributed by atoms with Gasteiger partial charge in [0.15, 0.2) is 0 Å². The SMILES string of the molecule is C/C=C/COC(C)C1CCC(c2ccc(C#N)cc2)CC1. The van der Waals surface area contributed by atoms with E-state index < -0.39 is 0 Å². The van der Waals surface area contributed by atoms with Crippen LogP contribution < -0.4 is 0 Å². The van der Waals surface area contributed by atoms with E-state index in [0.717, 1.165) is 12.2 Å². The van der Waals surface area contributed by atoms with Crippen LogP contribution >= 0.6 is 0 Å². The molecule has 1 aromatic carbocycles. The van der Waals surface area contributed by atoms with Gasteiger partial charge in [0.05, 0.1) is 24.3 Å². The molecule has 0 aliphatic heterocycles. The molecule has 2 heteroatoms. The lowest BCUT2D eigenvalue weighted by Crippen LogP contribution is -2.25. The molecule has 0 spiro atoms. The van der Waals surface area contributed by atoms with Gasteiger partial charge >= 0.3 is 0 Å². The van der Waals surface area contributed by atoms with E-state index in [1.54, 1.807) is 0 Å². The van der Waals surface area contributed by atoms with Gasteiger partial charge in [0.2, 0.25) is 0 Å². The smallest absolute Gasteiger partial charge is 0.0991 e. The molecule has 112 valence electrons. The van der Waals surface area contributed by atoms with E-state index in [2.05, 4.69) is 31.2 Å². The quantitative estimate of drug-likeness (QED) is 0.726. The Morgan fingerprint density at radius 3 is 2.48 bits per heavy atom. The van der Waals surface area contributed by atoms with Gasteiger partial charge in [-0.3, -0.25) is 0 Å². The summed E-state index contributed by atoms with van der Waals surface area (Å²) in [4.78, 5) is 0. The highest BCUT2D eigenvalue weighted by molar-refractivity contribution is 5.33. The number of hydrogen-bond acceptors (Lipinski definition) is 2. The average Bonchev–Trinajstić information content (AvgIpc) is 2.55. The molecule has 1 aromatic rings. The summed E-state index contributed by atoms with van der Waals surface area (Å²) in [6, 6.07) is 10.3. The molecule has 1 atom stereocenters. The highest BCUT2D eigenvalue weighted by Gasteiger charge is 2.26. The molecular formula is C19H25NO. The van der Waals surface area contributed by atoms with Crippen LogP contribution in [0.4, 0.5) is 0 Å². The van der Waals surface area contributed by atoms with Gasteiger partial charge in [-0.2, -0.15) is 5.26 Å². The monoisotopic (exact) mass is 283 g/mol. The van der Waals surface area contributed by atoms with Gasteiger partial charge in [-0.25, -0.2) is 0 Å². The predicted molar refractivity (Wildman–Crippen MR) is 86.1 cm³/mol. The van der Waals surface area contributed by atoms with Crippen molar-refractivity contribution in [2.24, 2.45) is 5.92 Å². The maximum absolute atomic E-state index is 8.85. The number of rotatable bonds is 5. The number of allylic oxidation sites excluding steroid dienone is 1. The topological polar surface area (TPSA) is 33.0 Å². The van der Waals surface area contributed by atoms with Crippen LogP contribution in [-0.2, 0) is 4.74 Å². The fourth-order valence-electron chi connectivity index (χ4n) is 3.19. The molecule has 0 amide bonds. The van der Waals surface area contributed by atoms with E-state index in [9.17, 15) is 0 Å². The van der Waals surface area contributed by atoms with E-state index >= 15 is 0 Å². The van der Waals surface area contributed by atoms with Crippen LogP contribution in [0.25, 0.3) is 0 Å².